The molecule has 0 spiro atoms. The van der Waals surface area contributed by atoms with Crippen LogP contribution in [0, 0.1) is 6.92 Å². The van der Waals surface area contributed by atoms with Crippen LogP contribution in [0.4, 0.5) is 0 Å². The van der Waals surface area contributed by atoms with Gasteiger partial charge in [0, 0.05) is 41.7 Å². The second kappa shape index (κ2) is 16.6. The fraction of sp³-hybridized carbons (Fsp3) is 0.146. The lowest BCUT2D eigenvalue weighted by Crippen LogP contribution is -2.14. The highest BCUT2D eigenvalue weighted by molar-refractivity contribution is 6.30. The molecule has 0 atom stereocenters. The van der Waals surface area contributed by atoms with Crippen LogP contribution in [0.25, 0.3) is 10.9 Å². The van der Waals surface area contributed by atoms with Crippen molar-refractivity contribution in [3.05, 3.63) is 154 Å². The van der Waals surface area contributed by atoms with Gasteiger partial charge in [0.05, 0.1) is 30.7 Å². The molecule has 0 bridgehead atoms. The molecular weight excluding hydrogens is 684 g/mol. The van der Waals surface area contributed by atoms with E-state index >= 15 is 0 Å². The van der Waals surface area contributed by atoms with Crippen LogP contribution in [0.2, 0.25) is 5.02 Å². The summed E-state index contributed by atoms with van der Waals surface area (Å²) in [6, 6.07) is 32.4. The average Bonchev–Trinajstić information content (AvgIpc) is 3.39. The van der Waals surface area contributed by atoms with Gasteiger partial charge in [-0.15, -0.1) is 0 Å². The third-order valence-electron chi connectivity index (χ3n) is 8.10. The molecule has 0 saturated heterocycles. The predicted octanol–water partition coefficient (Wildman–Crippen LogP) is 8.04. The van der Waals surface area contributed by atoms with Gasteiger partial charge in [-0.25, -0.2) is 0 Å². The number of benzene rings is 4. The molecule has 2 heterocycles. The summed E-state index contributed by atoms with van der Waals surface area (Å²) in [7, 11) is 1.54. The average molecular weight is 719 g/mol. The van der Waals surface area contributed by atoms with E-state index in [1.165, 1.54) is 18.4 Å². The van der Waals surface area contributed by atoms with Crippen molar-refractivity contribution >= 4 is 46.3 Å². The van der Waals surface area contributed by atoms with E-state index in [1.807, 2.05) is 42.5 Å². The molecular formula is C41H35ClN2O8. The van der Waals surface area contributed by atoms with Gasteiger partial charge in [0.2, 0.25) is 0 Å². The van der Waals surface area contributed by atoms with Gasteiger partial charge in [0.1, 0.15) is 17.2 Å². The van der Waals surface area contributed by atoms with Crippen molar-refractivity contribution in [2.75, 3.05) is 7.11 Å². The standard InChI is InChI=1S/C22H19NO4.C19H16ClNO4/c1-15(24)26-19-10-6-17(7-11-19)22(21-5-3-4-14-23-21)18-8-12-20(13-9-18)27-16(2)25;1-11-15(10-18(22)23)16-9-14(25-2)7-8-17(16)21(11)19(24)12-3-5-13(20)6-4-12/h3-14,22H,1-2H3;3-9H,10H2,1-2H3,(H,22,23). The molecule has 6 aromatic rings. The van der Waals surface area contributed by atoms with Gasteiger partial charge in [-0.3, -0.25) is 28.7 Å². The maximum Gasteiger partial charge on any atom is 0.308 e. The Morgan fingerprint density at radius 1 is 0.769 bits per heavy atom. The molecule has 264 valence electrons. The Balaban J connectivity index is 0.000000202. The summed E-state index contributed by atoms with van der Waals surface area (Å²) < 4.78 is 17.0. The minimum atomic E-state index is -0.955. The second-order valence-electron chi connectivity index (χ2n) is 11.7. The number of halogens is 1. The number of rotatable bonds is 9. The summed E-state index contributed by atoms with van der Waals surface area (Å²) in [5.74, 6) is -0.410. The number of carboxylic acids is 1. The van der Waals surface area contributed by atoms with Crippen LogP contribution < -0.4 is 14.2 Å². The molecule has 52 heavy (non-hydrogen) atoms. The predicted molar refractivity (Wildman–Crippen MR) is 196 cm³/mol. The van der Waals surface area contributed by atoms with E-state index in [0.29, 0.717) is 50.0 Å². The molecule has 10 nitrogen and oxygen atoms in total. The maximum atomic E-state index is 13.0. The van der Waals surface area contributed by atoms with E-state index in [2.05, 4.69) is 4.98 Å². The Bertz CT molecular complexity index is 2150. The number of pyridine rings is 1. The summed E-state index contributed by atoms with van der Waals surface area (Å²) in [6.45, 7) is 4.49. The van der Waals surface area contributed by atoms with Gasteiger partial charge in [-0.2, -0.15) is 0 Å². The molecule has 0 aliphatic heterocycles. The summed E-state index contributed by atoms with van der Waals surface area (Å²) in [4.78, 5) is 51.0. The van der Waals surface area contributed by atoms with E-state index < -0.39 is 5.97 Å². The Morgan fingerprint density at radius 2 is 1.33 bits per heavy atom. The van der Waals surface area contributed by atoms with E-state index in [1.54, 1.807) is 87.0 Å². The molecule has 0 amide bonds. The zero-order valence-corrected chi connectivity index (χ0v) is 29.6. The first kappa shape index (κ1) is 37.0. The first-order chi connectivity index (χ1) is 24.9. The molecule has 2 aromatic heterocycles. The lowest BCUT2D eigenvalue weighted by Gasteiger charge is -2.18. The van der Waals surface area contributed by atoms with Gasteiger partial charge < -0.3 is 19.3 Å². The number of esters is 2. The Morgan fingerprint density at radius 3 is 1.81 bits per heavy atom. The summed E-state index contributed by atoms with van der Waals surface area (Å²) >= 11 is 5.89. The minimum Gasteiger partial charge on any atom is -0.497 e. The van der Waals surface area contributed by atoms with E-state index in [4.69, 9.17) is 25.8 Å². The quantitative estimate of drug-likeness (QED) is 0.116. The molecule has 0 fully saturated rings. The fourth-order valence-electron chi connectivity index (χ4n) is 5.82. The van der Waals surface area contributed by atoms with Crippen LogP contribution in [-0.4, -0.2) is 45.6 Å². The van der Waals surface area contributed by atoms with E-state index in [-0.39, 0.29) is 30.2 Å². The van der Waals surface area contributed by atoms with Crippen LogP contribution in [0.15, 0.2) is 115 Å². The van der Waals surface area contributed by atoms with Gasteiger partial charge in [0.25, 0.3) is 5.91 Å². The maximum absolute atomic E-state index is 13.0. The third kappa shape index (κ3) is 8.90. The van der Waals surface area contributed by atoms with Crippen molar-refractivity contribution in [2.45, 2.75) is 33.1 Å². The van der Waals surface area contributed by atoms with Crippen molar-refractivity contribution < 1.29 is 38.5 Å². The largest absolute Gasteiger partial charge is 0.497 e. The molecule has 0 aliphatic rings. The lowest BCUT2D eigenvalue weighted by molar-refractivity contribution is -0.136. The van der Waals surface area contributed by atoms with Gasteiger partial charge in [0.15, 0.2) is 0 Å². The molecule has 0 unspecified atom stereocenters. The molecule has 11 heteroatoms. The fourth-order valence-corrected chi connectivity index (χ4v) is 5.94. The number of carbonyl (C=O) groups is 4. The van der Waals surface area contributed by atoms with Crippen LogP contribution in [-0.2, 0) is 20.8 Å². The highest BCUT2D eigenvalue weighted by Gasteiger charge is 2.22. The summed E-state index contributed by atoms with van der Waals surface area (Å²) in [5, 5.41) is 10.5. The topological polar surface area (TPSA) is 134 Å². The Hall–Kier alpha value is -6.26. The van der Waals surface area contributed by atoms with Crippen LogP contribution in [0.1, 0.15) is 58.2 Å². The first-order valence-corrected chi connectivity index (χ1v) is 16.5. The van der Waals surface area contributed by atoms with Gasteiger partial charge >= 0.3 is 17.9 Å². The number of aromatic nitrogens is 2. The first-order valence-electron chi connectivity index (χ1n) is 16.1. The number of methoxy groups -OCH3 is 1. The second-order valence-corrected chi connectivity index (χ2v) is 12.1. The van der Waals surface area contributed by atoms with Crippen molar-refractivity contribution in [2.24, 2.45) is 0 Å². The van der Waals surface area contributed by atoms with Crippen LogP contribution >= 0.6 is 11.6 Å². The number of carbonyl (C=O) groups excluding carboxylic acids is 3. The molecule has 4 aromatic carbocycles. The minimum absolute atomic E-state index is 0.107. The van der Waals surface area contributed by atoms with Crippen LogP contribution in [0.5, 0.6) is 17.2 Å². The number of hydrogen-bond acceptors (Lipinski definition) is 8. The normalized spacial score (nSPS) is 10.7. The number of fused-ring (bicyclic) bond motifs is 1. The monoisotopic (exact) mass is 718 g/mol. The van der Waals surface area contributed by atoms with Crippen molar-refractivity contribution in [1.82, 2.24) is 9.55 Å². The Kier molecular flexibility index (Phi) is 11.8. The molecule has 0 aliphatic carbocycles. The molecule has 0 saturated carbocycles. The zero-order chi connectivity index (χ0) is 37.4. The van der Waals surface area contributed by atoms with Crippen LogP contribution in [0.3, 0.4) is 0 Å². The summed E-state index contributed by atoms with van der Waals surface area (Å²) in [5.41, 5.74) is 5.22. The highest BCUT2D eigenvalue weighted by Crippen LogP contribution is 2.33. The lowest BCUT2D eigenvalue weighted by atomic mass is 9.88. The Labute approximate surface area is 305 Å². The summed E-state index contributed by atoms with van der Waals surface area (Å²) in [6.07, 6.45) is 1.58. The molecule has 1 N–H and O–H groups in total. The smallest absolute Gasteiger partial charge is 0.308 e. The van der Waals surface area contributed by atoms with Crippen molar-refractivity contribution in [3.8, 4) is 17.2 Å². The number of ether oxygens (including phenoxy) is 3. The molecule has 6 rings (SSSR count). The zero-order valence-electron chi connectivity index (χ0n) is 28.8. The number of aliphatic carboxylic acids is 1. The number of nitrogens with zero attached hydrogens (tertiary/aromatic N) is 2. The molecule has 0 radical (unpaired) electrons. The highest BCUT2D eigenvalue weighted by atomic mass is 35.5. The van der Waals surface area contributed by atoms with Gasteiger partial charge in [-0.05, 0) is 102 Å². The van der Waals surface area contributed by atoms with E-state index in [0.717, 1.165) is 16.8 Å². The SMILES string of the molecule is CC(=O)Oc1ccc(C(c2ccc(OC(C)=O)cc2)c2ccccn2)cc1.COc1ccc2c(c1)c(CC(=O)O)c(C)n2C(=O)c1ccc(Cl)cc1. The van der Waals surface area contributed by atoms with Crippen molar-refractivity contribution in [3.63, 3.8) is 0 Å². The number of hydrogen-bond donors (Lipinski definition) is 1. The van der Waals surface area contributed by atoms with Crippen molar-refractivity contribution in [1.29, 1.82) is 0 Å². The number of carboxylic acid groups (broad SMARTS) is 1. The van der Waals surface area contributed by atoms with E-state index in [9.17, 15) is 24.3 Å². The van der Waals surface area contributed by atoms with Gasteiger partial charge in [-0.1, -0.05) is 41.9 Å². The third-order valence-corrected chi connectivity index (χ3v) is 8.35.